The van der Waals surface area contributed by atoms with Gasteiger partial charge in [0.05, 0.1) is 22.7 Å². The van der Waals surface area contributed by atoms with E-state index in [1.165, 1.54) is 0 Å². The van der Waals surface area contributed by atoms with E-state index in [1.54, 1.807) is 31.0 Å². The van der Waals surface area contributed by atoms with Gasteiger partial charge in [-0.3, -0.25) is 9.88 Å². The molecular weight excluding hydrogens is 348 g/mol. The smallest absolute Gasteiger partial charge is 0.183 e. The number of pyridine rings is 1. The van der Waals surface area contributed by atoms with Gasteiger partial charge in [0.1, 0.15) is 0 Å². The van der Waals surface area contributed by atoms with Gasteiger partial charge in [-0.1, -0.05) is 6.07 Å². The number of fused-ring (bicyclic) bond motifs is 3. The number of furan rings is 1. The van der Waals surface area contributed by atoms with Crippen molar-refractivity contribution < 1.29 is 12.8 Å². The van der Waals surface area contributed by atoms with Crippen LogP contribution in [0.25, 0.3) is 11.1 Å². The summed E-state index contributed by atoms with van der Waals surface area (Å²) in [5.41, 5.74) is 4.12. The fourth-order valence-electron chi connectivity index (χ4n) is 4.22. The van der Waals surface area contributed by atoms with E-state index in [9.17, 15) is 8.42 Å². The summed E-state index contributed by atoms with van der Waals surface area (Å²) < 4.78 is 31.1. The molecule has 0 spiro atoms. The summed E-state index contributed by atoms with van der Waals surface area (Å²) in [6, 6.07) is 11.5. The molecule has 26 heavy (non-hydrogen) atoms. The van der Waals surface area contributed by atoms with Crippen LogP contribution in [0.3, 0.4) is 0 Å². The molecule has 0 saturated carbocycles. The molecule has 2 aliphatic rings. The number of likely N-dealkylation sites (tertiary alicyclic amines) is 1. The predicted octanol–water partition coefficient (Wildman–Crippen LogP) is 3.10. The lowest BCUT2D eigenvalue weighted by molar-refractivity contribution is 0.324. The van der Waals surface area contributed by atoms with E-state index < -0.39 is 9.84 Å². The molecule has 3 aromatic rings. The van der Waals surface area contributed by atoms with Crippen LogP contribution in [0.4, 0.5) is 0 Å². The Morgan fingerprint density at radius 3 is 2.69 bits per heavy atom. The second-order valence-corrected chi connectivity index (χ2v) is 9.14. The molecule has 132 valence electrons. The maximum Gasteiger partial charge on any atom is 0.183 e. The van der Waals surface area contributed by atoms with Gasteiger partial charge in [0.2, 0.25) is 0 Å². The molecule has 6 heteroatoms. The van der Waals surface area contributed by atoms with Gasteiger partial charge in [0, 0.05) is 43.5 Å². The first-order chi connectivity index (χ1) is 12.6. The minimum absolute atomic E-state index is 0.0312. The zero-order valence-electron chi connectivity index (χ0n) is 14.1. The number of rotatable bonds is 3. The van der Waals surface area contributed by atoms with Crippen molar-refractivity contribution in [1.82, 2.24) is 9.88 Å². The highest BCUT2D eigenvalue weighted by Crippen LogP contribution is 2.46. The lowest BCUT2D eigenvalue weighted by Crippen LogP contribution is -2.25. The standard InChI is InChI=1S/C20H18N2O3S/c23-26(24)19-2-1-16(15-3-6-21-7-4-15)9-17(19)18-11-22(12-20(18)26)10-14-5-8-25-13-14/h1-9,13,18,20H,10-12H2/t18-,20-/m1/s1. The van der Waals surface area contributed by atoms with Gasteiger partial charge in [-0.15, -0.1) is 0 Å². The molecule has 5 nitrogen and oxygen atoms in total. The number of hydrogen-bond acceptors (Lipinski definition) is 5. The second-order valence-electron chi connectivity index (χ2n) is 7.00. The lowest BCUT2D eigenvalue weighted by Gasteiger charge is -2.16. The summed E-state index contributed by atoms with van der Waals surface area (Å²) in [4.78, 5) is 6.77. The van der Waals surface area contributed by atoms with Crippen LogP contribution in [0, 0.1) is 0 Å². The normalized spacial score (nSPS) is 23.7. The first-order valence-corrected chi connectivity index (χ1v) is 10.2. The van der Waals surface area contributed by atoms with Crippen LogP contribution < -0.4 is 0 Å². The van der Waals surface area contributed by atoms with E-state index in [2.05, 4.69) is 9.88 Å². The summed E-state index contributed by atoms with van der Waals surface area (Å²) in [7, 11) is -3.27. The zero-order valence-corrected chi connectivity index (χ0v) is 14.9. The lowest BCUT2D eigenvalue weighted by atomic mass is 9.95. The van der Waals surface area contributed by atoms with E-state index in [1.807, 2.05) is 30.3 Å². The van der Waals surface area contributed by atoms with Crippen molar-refractivity contribution in [1.29, 1.82) is 0 Å². The highest BCUT2D eigenvalue weighted by molar-refractivity contribution is 7.92. The summed E-state index contributed by atoms with van der Waals surface area (Å²) >= 11 is 0. The minimum Gasteiger partial charge on any atom is -0.472 e. The van der Waals surface area contributed by atoms with E-state index in [0.29, 0.717) is 11.4 Å². The molecular formula is C20H18N2O3S. The van der Waals surface area contributed by atoms with Gasteiger partial charge >= 0.3 is 0 Å². The van der Waals surface area contributed by atoms with Crippen molar-refractivity contribution in [2.75, 3.05) is 13.1 Å². The van der Waals surface area contributed by atoms with Crippen molar-refractivity contribution in [2.45, 2.75) is 22.6 Å². The number of hydrogen-bond donors (Lipinski definition) is 0. The third kappa shape index (κ3) is 2.40. The zero-order chi connectivity index (χ0) is 17.7. The molecule has 0 aliphatic carbocycles. The van der Waals surface area contributed by atoms with Crippen LogP contribution >= 0.6 is 0 Å². The fourth-order valence-corrected chi connectivity index (χ4v) is 6.41. The molecule has 2 aromatic heterocycles. The SMILES string of the molecule is O=S1(=O)c2ccc(-c3ccncc3)cc2[C@H]2CN(Cc3ccoc3)C[C@H]21. The topological polar surface area (TPSA) is 63.4 Å². The maximum absolute atomic E-state index is 13.0. The van der Waals surface area contributed by atoms with E-state index in [0.717, 1.165) is 35.3 Å². The van der Waals surface area contributed by atoms with E-state index in [4.69, 9.17) is 4.42 Å². The molecule has 1 saturated heterocycles. The number of aromatic nitrogens is 1. The first kappa shape index (κ1) is 15.8. The molecule has 5 rings (SSSR count). The van der Waals surface area contributed by atoms with Crippen LogP contribution in [0.1, 0.15) is 17.0 Å². The van der Waals surface area contributed by atoms with Crippen molar-refractivity contribution in [3.8, 4) is 11.1 Å². The van der Waals surface area contributed by atoms with Crippen LogP contribution in [0.2, 0.25) is 0 Å². The van der Waals surface area contributed by atoms with Gasteiger partial charge < -0.3 is 4.42 Å². The number of nitrogens with zero attached hydrogens (tertiary/aromatic N) is 2. The average Bonchev–Trinajstić information content (AvgIpc) is 3.36. The Labute approximate surface area is 152 Å². The van der Waals surface area contributed by atoms with Crippen LogP contribution in [-0.4, -0.2) is 36.6 Å². The molecule has 2 atom stereocenters. The van der Waals surface area contributed by atoms with Crippen LogP contribution in [0.15, 0.2) is 70.6 Å². The fraction of sp³-hybridized carbons (Fsp3) is 0.250. The van der Waals surface area contributed by atoms with Gasteiger partial charge in [0.15, 0.2) is 9.84 Å². The summed E-state index contributed by atoms with van der Waals surface area (Å²) in [6.45, 7) is 2.04. The van der Waals surface area contributed by atoms with Crippen LogP contribution in [-0.2, 0) is 16.4 Å². The molecule has 4 heterocycles. The van der Waals surface area contributed by atoms with Crippen molar-refractivity contribution in [3.05, 3.63) is 72.4 Å². The van der Waals surface area contributed by atoms with Crippen LogP contribution in [0.5, 0.6) is 0 Å². The van der Waals surface area contributed by atoms with Crippen molar-refractivity contribution in [3.63, 3.8) is 0 Å². The Bertz CT molecular complexity index is 1050. The summed E-state index contributed by atoms with van der Waals surface area (Å²) in [5.74, 6) is 0.0312. The minimum atomic E-state index is -3.27. The quantitative estimate of drug-likeness (QED) is 0.713. The van der Waals surface area contributed by atoms with E-state index in [-0.39, 0.29) is 11.2 Å². The predicted molar refractivity (Wildman–Crippen MR) is 97.4 cm³/mol. The summed E-state index contributed by atoms with van der Waals surface area (Å²) in [5, 5.41) is -0.350. The Morgan fingerprint density at radius 1 is 1.08 bits per heavy atom. The third-order valence-electron chi connectivity index (χ3n) is 5.46. The van der Waals surface area contributed by atoms with Gasteiger partial charge in [0.25, 0.3) is 0 Å². The molecule has 0 N–H and O–H groups in total. The third-order valence-corrected chi connectivity index (χ3v) is 7.72. The Hall–Kier alpha value is -2.44. The number of benzene rings is 1. The highest BCUT2D eigenvalue weighted by Gasteiger charge is 2.50. The van der Waals surface area contributed by atoms with Crippen molar-refractivity contribution >= 4 is 9.84 Å². The number of sulfone groups is 1. The van der Waals surface area contributed by atoms with E-state index >= 15 is 0 Å². The average molecular weight is 366 g/mol. The Balaban J connectivity index is 1.51. The van der Waals surface area contributed by atoms with Gasteiger partial charge in [-0.05, 0) is 47.0 Å². The molecule has 0 radical (unpaired) electrons. The molecule has 0 amide bonds. The van der Waals surface area contributed by atoms with Crippen molar-refractivity contribution in [2.24, 2.45) is 0 Å². The Kier molecular flexibility index (Phi) is 3.52. The molecule has 1 fully saturated rings. The molecule has 2 aliphatic heterocycles. The first-order valence-electron chi connectivity index (χ1n) is 8.64. The van der Waals surface area contributed by atoms with Gasteiger partial charge in [-0.25, -0.2) is 8.42 Å². The van der Waals surface area contributed by atoms with Gasteiger partial charge in [-0.2, -0.15) is 0 Å². The highest BCUT2D eigenvalue weighted by atomic mass is 32.2. The second kappa shape index (κ2) is 5.79. The largest absolute Gasteiger partial charge is 0.472 e. The molecule has 0 bridgehead atoms. The maximum atomic E-state index is 13.0. The molecule has 0 unspecified atom stereocenters. The Morgan fingerprint density at radius 2 is 1.92 bits per heavy atom. The molecule has 1 aromatic carbocycles. The summed E-state index contributed by atoms with van der Waals surface area (Å²) in [6.07, 6.45) is 6.88. The monoisotopic (exact) mass is 366 g/mol.